The van der Waals surface area contributed by atoms with Gasteiger partial charge >= 0.3 is 0 Å². The Bertz CT molecular complexity index is 1080. The van der Waals surface area contributed by atoms with E-state index in [4.69, 9.17) is 28.7 Å². The fourth-order valence-corrected chi connectivity index (χ4v) is 4.41. The third-order valence-electron chi connectivity index (χ3n) is 6.15. The molecule has 0 saturated carbocycles. The molecule has 2 aliphatic heterocycles. The van der Waals surface area contributed by atoms with Crippen LogP contribution in [0.2, 0.25) is 0 Å². The van der Waals surface area contributed by atoms with Gasteiger partial charge in [0.2, 0.25) is 0 Å². The van der Waals surface area contributed by atoms with Crippen molar-refractivity contribution in [3.8, 4) is 51.3 Å². The van der Waals surface area contributed by atoms with Gasteiger partial charge < -0.3 is 23.7 Å². The lowest BCUT2D eigenvalue weighted by molar-refractivity contribution is 0.267. The van der Waals surface area contributed by atoms with Gasteiger partial charge in [-0.1, -0.05) is 12.1 Å². The highest BCUT2D eigenvalue weighted by Crippen LogP contribution is 2.45. The highest BCUT2D eigenvalue weighted by Gasteiger charge is 2.23. The van der Waals surface area contributed by atoms with Gasteiger partial charge in [-0.15, -0.1) is 0 Å². The number of aromatic nitrogens is 1. The van der Waals surface area contributed by atoms with Crippen LogP contribution < -0.4 is 23.7 Å². The first kappa shape index (κ1) is 22.4. The normalized spacial score (nSPS) is 16.1. The van der Waals surface area contributed by atoms with Crippen molar-refractivity contribution in [1.29, 1.82) is 0 Å². The lowest BCUT2D eigenvalue weighted by Gasteiger charge is -2.21. The molecular formula is C28H31NO5. The third kappa shape index (κ3) is 4.76. The molecule has 5 rings (SSSR count). The lowest BCUT2D eigenvalue weighted by atomic mass is 10.0. The summed E-state index contributed by atoms with van der Waals surface area (Å²) in [5, 5.41) is 0. The van der Waals surface area contributed by atoms with Crippen LogP contribution in [0.25, 0.3) is 22.5 Å². The van der Waals surface area contributed by atoms with Crippen LogP contribution >= 0.6 is 0 Å². The SMILES string of the molecule is COc1ccc2nc1-c1c3cccc1OCCCCCOc1cccc(c1-2)OCCCCCO3. The molecule has 0 spiro atoms. The van der Waals surface area contributed by atoms with E-state index in [2.05, 4.69) is 0 Å². The summed E-state index contributed by atoms with van der Waals surface area (Å²) >= 11 is 0. The van der Waals surface area contributed by atoms with Crippen LogP contribution in [0.15, 0.2) is 48.5 Å². The Morgan fingerprint density at radius 1 is 0.588 bits per heavy atom. The number of pyridine rings is 1. The fraction of sp³-hybridized carbons (Fsp3) is 0.393. The van der Waals surface area contributed by atoms with E-state index >= 15 is 0 Å². The van der Waals surface area contributed by atoms with E-state index in [9.17, 15) is 0 Å². The lowest BCUT2D eigenvalue weighted by Crippen LogP contribution is -2.08. The molecule has 0 unspecified atom stereocenters. The molecular weight excluding hydrogens is 430 g/mol. The summed E-state index contributed by atoms with van der Waals surface area (Å²) in [5.41, 5.74) is 3.12. The average Bonchev–Trinajstić information content (AvgIpc) is 2.86. The van der Waals surface area contributed by atoms with E-state index in [0.29, 0.717) is 37.9 Å². The van der Waals surface area contributed by atoms with Crippen molar-refractivity contribution in [2.24, 2.45) is 0 Å². The molecule has 3 heterocycles. The van der Waals surface area contributed by atoms with E-state index in [1.807, 2.05) is 48.5 Å². The number of benzene rings is 2. The molecule has 0 saturated heterocycles. The number of nitrogens with zero attached hydrogens (tertiary/aromatic N) is 1. The Balaban J connectivity index is 1.77. The summed E-state index contributed by atoms with van der Waals surface area (Å²) in [6, 6.07) is 15.8. The maximum atomic E-state index is 6.26. The van der Waals surface area contributed by atoms with Gasteiger partial charge in [-0.25, -0.2) is 4.98 Å². The van der Waals surface area contributed by atoms with Crippen LogP contribution in [-0.4, -0.2) is 38.5 Å². The monoisotopic (exact) mass is 461 g/mol. The summed E-state index contributed by atoms with van der Waals surface area (Å²) in [6.07, 6.45) is 5.81. The summed E-state index contributed by atoms with van der Waals surface area (Å²) in [4.78, 5) is 5.10. The second-order valence-electron chi connectivity index (χ2n) is 8.52. The fourth-order valence-electron chi connectivity index (χ4n) is 4.41. The van der Waals surface area contributed by atoms with Crippen molar-refractivity contribution in [1.82, 2.24) is 4.98 Å². The van der Waals surface area contributed by atoms with Gasteiger partial charge in [0.15, 0.2) is 0 Å². The Morgan fingerprint density at radius 3 is 1.53 bits per heavy atom. The minimum atomic E-state index is 0.618. The van der Waals surface area contributed by atoms with Crippen LogP contribution in [0.5, 0.6) is 28.7 Å². The van der Waals surface area contributed by atoms with E-state index < -0.39 is 0 Å². The van der Waals surface area contributed by atoms with E-state index in [1.54, 1.807) is 7.11 Å². The van der Waals surface area contributed by atoms with Crippen molar-refractivity contribution in [2.45, 2.75) is 38.5 Å². The summed E-state index contributed by atoms with van der Waals surface area (Å²) in [5.74, 6) is 3.73. The number of hydrogen-bond acceptors (Lipinski definition) is 6. The quantitative estimate of drug-likeness (QED) is 0.423. The molecule has 0 fully saturated rings. The third-order valence-corrected chi connectivity index (χ3v) is 6.15. The zero-order chi connectivity index (χ0) is 23.2. The molecule has 0 N–H and O–H groups in total. The predicted molar refractivity (Wildman–Crippen MR) is 131 cm³/mol. The van der Waals surface area contributed by atoms with Crippen LogP contribution in [0.3, 0.4) is 0 Å². The van der Waals surface area contributed by atoms with Gasteiger partial charge in [-0.05, 0) is 74.9 Å². The number of rotatable bonds is 1. The van der Waals surface area contributed by atoms with Crippen molar-refractivity contribution in [2.75, 3.05) is 33.5 Å². The second kappa shape index (κ2) is 10.7. The maximum Gasteiger partial charge on any atom is 0.145 e. The minimum absolute atomic E-state index is 0.618. The summed E-state index contributed by atoms with van der Waals surface area (Å²) in [7, 11) is 1.66. The largest absolute Gasteiger partial charge is 0.494 e. The standard InChI is InChI=1S/C28H31NO5/c1-30-25-15-14-20-26-21-10-8-11-22(26)32-17-5-3-7-19-34-24-13-9-12-23(27(24)28(25)29-20)33-18-6-2-4-16-31-21/h8-15H,2-7,16-19H2,1H3. The van der Waals surface area contributed by atoms with E-state index in [-0.39, 0.29) is 0 Å². The Hall–Kier alpha value is -3.41. The van der Waals surface area contributed by atoms with Crippen molar-refractivity contribution in [3.63, 3.8) is 0 Å². The number of ether oxygens (including phenoxy) is 5. The first-order valence-electron chi connectivity index (χ1n) is 12.2. The van der Waals surface area contributed by atoms with Gasteiger partial charge in [0, 0.05) is 0 Å². The average molecular weight is 462 g/mol. The molecule has 3 aromatic rings. The minimum Gasteiger partial charge on any atom is -0.494 e. The molecule has 0 aliphatic carbocycles. The van der Waals surface area contributed by atoms with Gasteiger partial charge in [0.05, 0.1) is 50.4 Å². The first-order valence-corrected chi connectivity index (χ1v) is 12.2. The molecule has 0 atom stereocenters. The van der Waals surface area contributed by atoms with Gasteiger partial charge in [0.1, 0.15) is 34.4 Å². The van der Waals surface area contributed by atoms with E-state index in [1.165, 1.54) is 0 Å². The first-order chi connectivity index (χ1) is 16.8. The summed E-state index contributed by atoms with van der Waals surface area (Å²) < 4.78 is 30.8. The molecule has 4 bridgehead atoms. The Labute approximate surface area is 200 Å². The molecule has 34 heavy (non-hydrogen) atoms. The molecule has 6 heteroatoms. The molecule has 2 aromatic carbocycles. The molecule has 0 amide bonds. The van der Waals surface area contributed by atoms with Gasteiger partial charge in [-0.2, -0.15) is 0 Å². The Morgan fingerprint density at radius 2 is 1.06 bits per heavy atom. The predicted octanol–water partition coefficient (Wildman–Crippen LogP) is 6.31. The van der Waals surface area contributed by atoms with Crippen LogP contribution in [0, 0.1) is 0 Å². The van der Waals surface area contributed by atoms with Crippen molar-refractivity contribution >= 4 is 0 Å². The van der Waals surface area contributed by atoms with Crippen LogP contribution in [-0.2, 0) is 0 Å². The van der Waals surface area contributed by atoms with Crippen molar-refractivity contribution < 1.29 is 23.7 Å². The topological polar surface area (TPSA) is 59.0 Å². The molecule has 6 nitrogen and oxygen atoms in total. The van der Waals surface area contributed by atoms with E-state index in [0.717, 1.165) is 78.3 Å². The van der Waals surface area contributed by atoms with Gasteiger partial charge in [-0.3, -0.25) is 0 Å². The van der Waals surface area contributed by atoms with Crippen LogP contribution in [0.4, 0.5) is 0 Å². The number of hydrogen-bond donors (Lipinski definition) is 0. The molecule has 0 radical (unpaired) electrons. The molecule has 2 aliphatic rings. The van der Waals surface area contributed by atoms with Gasteiger partial charge in [0.25, 0.3) is 0 Å². The zero-order valence-electron chi connectivity index (χ0n) is 19.7. The Kier molecular flexibility index (Phi) is 7.03. The van der Waals surface area contributed by atoms with Crippen LogP contribution in [0.1, 0.15) is 38.5 Å². The molecule has 178 valence electrons. The molecule has 1 aromatic heterocycles. The summed E-state index contributed by atoms with van der Waals surface area (Å²) in [6.45, 7) is 2.50. The zero-order valence-corrected chi connectivity index (χ0v) is 19.7. The highest BCUT2D eigenvalue weighted by molar-refractivity contribution is 5.82. The highest BCUT2D eigenvalue weighted by atomic mass is 16.5. The van der Waals surface area contributed by atoms with Crippen molar-refractivity contribution in [3.05, 3.63) is 48.5 Å². The smallest absolute Gasteiger partial charge is 0.145 e. The second-order valence-corrected chi connectivity index (χ2v) is 8.52. The number of methoxy groups -OCH3 is 1. The maximum absolute atomic E-state index is 6.26.